The molecular formula is C10H11Cl3. The monoisotopic (exact) mass is 236 g/mol. The Morgan fingerprint density at radius 1 is 1.23 bits per heavy atom. The summed E-state index contributed by atoms with van der Waals surface area (Å²) in [4.78, 5) is 0. The average molecular weight is 238 g/mol. The highest BCUT2D eigenvalue weighted by molar-refractivity contribution is 6.42. The lowest BCUT2D eigenvalue weighted by molar-refractivity contribution is 0.655. The maximum absolute atomic E-state index is 5.88. The van der Waals surface area contributed by atoms with Crippen LogP contribution in [0.25, 0.3) is 0 Å². The summed E-state index contributed by atoms with van der Waals surface area (Å²) >= 11 is 17.4. The van der Waals surface area contributed by atoms with Crippen LogP contribution in [0.15, 0.2) is 18.2 Å². The molecule has 3 heteroatoms. The second kappa shape index (κ2) is 5.09. The molecular weight excluding hydrogens is 226 g/mol. The van der Waals surface area contributed by atoms with E-state index < -0.39 is 0 Å². The van der Waals surface area contributed by atoms with Crippen molar-refractivity contribution in [3.63, 3.8) is 0 Å². The minimum absolute atomic E-state index is 0.471. The Morgan fingerprint density at radius 3 is 2.46 bits per heavy atom. The lowest BCUT2D eigenvalue weighted by atomic mass is 10.0. The van der Waals surface area contributed by atoms with Crippen molar-refractivity contribution in [2.24, 2.45) is 5.92 Å². The number of benzene rings is 1. The minimum Gasteiger partial charge on any atom is -0.126 e. The molecule has 0 N–H and O–H groups in total. The Morgan fingerprint density at radius 2 is 1.92 bits per heavy atom. The molecule has 0 spiro atoms. The van der Waals surface area contributed by atoms with E-state index in [0.29, 0.717) is 21.8 Å². The molecule has 1 aromatic carbocycles. The van der Waals surface area contributed by atoms with Gasteiger partial charge in [-0.1, -0.05) is 36.2 Å². The molecule has 0 aliphatic carbocycles. The van der Waals surface area contributed by atoms with Crippen LogP contribution in [0, 0.1) is 5.92 Å². The van der Waals surface area contributed by atoms with Gasteiger partial charge >= 0.3 is 0 Å². The van der Waals surface area contributed by atoms with Crippen molar-refractivity contribution in [1.29, 1.82) is 0 Å². The first-order valence-corrected chi connectivity index (χ1v) is 5.42. The molecule has 0 aliphatic heterocycles. The summed E-state index contributed by atoms with van der Waals surface area (Å²) < 4.78 is 0. The third-order valence-electron chi connectivity index (χ3n) is 1.83. The van der Waals surface area contributed by atoms with Crippen molar-refractivity contribution in [1.82, 2.24) is 0 Å². The Hall–Kier alpha value is 0.0900. The third kappa shape index (κ3) is 3.38. The topological polar surface area (TPSA) is 0 Å². The largest absolute Gasteiger partial charge is 0.126 e. The first-order chi connectivity index (χ1) is 6.13. The van der Waals surface area contributed by atoms with Crippen LogP contribution in [0.4, 0.5) is 0 Å². The van der Waals surface area contributed by atoms with Gasteiger partial charge in [-0.15, -0.1) is 11.6 Å². The van der Waals surface area contributed by atoms with Crippen LogP contribution in [-0.2, 0) is 6.42 Å². The first-order valence-electron chi connectivity index (χ1n) is 4.13. The predicted molar refractivity (Wildman–Crippen MR) is 60.1 cm³/mol. The molecule has 0 aliphatic rings. The molecule has 72 valence electrons. The summed E-state index contributed by atoms with van der Waals surface area (Å²) in [7, 11) is 0. The summed E-state index contributed by atoms with van der Waals surface area (Å²) in [6.07, 6.45) is 0.945. The Labute approximate surface area is 93.8 Å². The van der Waals surface area contributed by atoms with Gasteiger partial charge in [-0.3, -0.25) is 0 Å². The number of alkyl halides is 1. The third-order valence-corrected chi connectivity index (χ3v) is 3.10. The van der Waals surface area contributed by atoms with Gasteiger partial charge in [0.2, 0.25) is 0 Å². The maximum Gasteiger partial charge on any atom is 0.0595 e. The van der Waals surface area contributed by atoms with Crippen LogP contribution in [0.1, 0.15) is 12.5 Å². The van der Waals surface area contributed by atoms with Crippen LogP contribution in [0.5, 0.6) is 0 Å². The van der Waals surface area contributed by atoms with Crippen molar-refractivity contribution in [2.75, 3.05) is 5.88 Å². The van der Waals surface area contributed by atoms with E-state index in [2.05, 4.69) is 6.92 Å². The molecule has 0 fully saturated rings. The van der Waals surface area contributed by atoms with Gasteiger partial charge in [-0.25, -0.2) is 0 Å². The number of hydrogen-bond acceptors (Lipinski definition) is 0. The van der Waals surface area contributed by atoms with Crippen molar-refractivity contribution in [3.05, 3.63) is 33.8 Å². The Bertz CT molecular complexity index is 283. The molecule has 13 heavy (non-hydrogen) atoms. The number of halogens is 3. The molecule has 1 aromatic rings. The second-order valence-electron chi connectivity index (χ2n) is 3.21. The Kier molecular flexibility index (Phi) is 4.37. The van der Waals surface area contributed by atoms with Gasteiger partial charge in [-0.2, -0.15) is 0 Å². The summed E-state index contributed by atoms with van der Waals surface area (Å²) in [5, 5.41) is 1.21. The average Bonchev–Trinajstić information content (AvgIpc) is 2.11. The molecule has 0 aromatic heterocycles. The lowest BCUT2D eigenvalue weighted by Gasteiger charge is -2.07. The zero-order valence-corrected chi connectivity index (χ0v) is 9.63. The number of hydrogen-bond donors (Lipinski definition) is 0. The zero-order chi connectivity index (χ0) is 9.84. The molecule has 0 heterocycles. The summed E-state index contributed by atoms with van der Waals surface area (Å²) in [6, 6.07) is 5.70. The second-order valence-corrected chi connectivity index (χ2v) is 4.34. The highest BCUT2D eigenvalue weighted by atomic mass is 35.5. The van der Waals surface area contributed by atoms with Gasteiger partial charge in [0.25, 0.3) is 0 Å². The van der Waals surface area contributed by atoms with Crippen LogP contribution in [0.3, 0.4) is 0 Å². The molecule has 1 unspecified atom stereocenters. The predicted octanol–water partition coefficient (Wildman–Crippen LogP) is 4.41. The van der Waals surface area contributed by atoms with Crippen LogP contribution in [0.2, 0.25) is 10.0 Å². The van der Waals surface area contributed by atoms with Gasteiger partial charge in [0.05, 0.1) is 10.0 Å². The van der Waals surface area contributed by atoms with Gasteiger partial charge in [0.1, 0.15) is 0 Å². The van der Waals surface area contributed by atoms with Crippen LogP contribution in [-0.4, -0.2) is 5.88 Å². The fraction of sp³-hybridized carbons (Fsp3) is 0.400. The molecule has 1 atom stereocenters. The molecule has 0 radical (unpaired) electrons. The highest BCUT2D eigenvalue weighted by Crippen LogP contribution is 2.23. The van der Waals surface area contributed by atoms with E-state index in [0.717, 1.165) is 6.42 Å². The quantitative estimate of drug-likeness (QED) is 0.683. The molecule has 0 bridgehead atoms. The van der Waals surface area contributed by atoms with Gasteiger partial charge in [-0.05, 0) is 30.0 Å². The SMILES string of the molecule is CC(CCl)Cc1ccc(Cl)c(Cl)c1. The van der Waals surface area contributed by atoms with E-state index in [4.69, 9.17) is 34.8 Å². The maximum atomic E-state index is 5.88. The summed E-state index contributed by atoms with van der Waals surface area (Å²) in [6.45, 7) is 2.11. The standard InChI is InChI=1S/C10H11Cl3/c1-7(6-11)4-8-2-3-9(12)10(13)5-8/h2-3,5,7H,4,6H2,1H3. The highest BCUT2D eigenvalue weighted by Gasteiger charge is 2.04. The normalized spacial score (nSPS) is 12.9. The van der Waals surface area contributed by atoms with Crippen molar-refractivity contribution < 1.29 is 0 Å². The minimum atomic E-state index is 0.471. The van der Waals surface area contributed by atoms with E-state index in [1.54, 1.807) is 0 Å². The molecule has 0 saturated carbocycles. The summed E-state index contributed by atoms with van der Waals surface area (Å²) in [5.41, 5.74) is 1.18. The van der Waals surface area contributed by atoms with E-state index in [9.17, 15) is 0 Å². The van der Waals surface area contributed by atoms with Crippen LogP contribution >= 0.6 is 34.8 Å². The van der Waals surface area contributed by atoms with Crippen molar-refractivity contribution in [3.8, 4) is 0 Å². The van der Waals surface area contributed by atoms with E-state index in [1.807, 2.05) is 18.2 Å². The number of rotatable bonds is 3. The molecule has 0 nitrogen and oxygen atoms in total. The van der Waals surface area contributed by atoms with Gasteiger partial charge < -0.3 is 0 Å². The van der Waals surface area contributed by atoms with E-state index in [1.165, 1.54) is 5.56 Å². The summed E-state index contributed by atoms with van der Waals surface area (Å²) in [5.74, 6) is 1.14. The van der Waals surface area contributed by atoms with Gasteiger partial charge in [0, 0.05) is 5.88 Å². The van der Waals surface area contributed by atoms with E-state index in [-0.39, 0.29) is 0 Å². The van der Waals surface area contributed by atoms with E-state index >= 15 is 0 Å². The van der Waals surface area contributed by atoms with Gasteiger partial charge in [0.15, 0.2) is 0 Å². The fourth-order valence-corrected chi connectivity index (χ4v) is 1.55. The molecule has 0 amide bonds. The van der Waals surface area contributed by atoms with Crippen molar-refractivity contribution in [2.45, 2.75) is 13.3 Å². The first kappa shape index (κ1) is 11.2. The lowest BCUT2D eigenvalue weighted by Crippen LogP contribution is -2.00. The van der Waals surface area contributed by atoms with Crippen LogP contribution < -0.4 is 0 Å². The fourth-order valence-electron chi connectivity index (χ4n) is 1.12. The molecule has 1 rings (SSSR count). The van der Waals surface area contributed by atoms with Crippen molar-refractivity contribution >= 4 is 34.8 Å². The zero-order valence-electron chi connectivity index (χ0n) is 7.36. The smallest absolute Gasteiger partial charge is 0.0595 e. The molecule has 0 saturated heterocycles. The Balaban J connectivity index is 2.73.